The predicted molar refractivity (Wildman–Crippen MR) is 81.4 cm³/mol. The molecule has 1 aliphatic heterocycles. The van der Waals surface area contributed by atoms with Crippen molar-refractivity contribution in [2.45, 2.75) is 39.0 Å². The molecule has 3 heteroatoms. The number of hydrogen-bond acceptors (Lipinski definition) is 2. The molecule has 0 aromatic heterocycles. The maximum absolute atomic E-state index is 6.29. The van der Waals surface area contributed by atoms with Crippen molar-refractivity contribution in [2.75, 3.05) is 20.2 Å². The van der Waals surface area contributed by atoms with Gasteiger partial charge in [-0.3, -0.25) is 0 Å². The zero-order valence-corrected chi connectivity index (χ0v) is 12.9. The van der Waals surface area contributed by atoms with Gasteiger partial charge in [-0.05, 0) is 67.4 Å². The van der Waals surface area contributed by atoms with Crippen LogP contribution in [0.5, 0.6) is 5.75 Å². The molecule has 106 valence electrons. The minimum Gasteiger partial charge on any atom is -0.495 e. The van der Waals surface area contributed by atoms with Gasteiger partial charge in [0, 0.05) is 0 Å². The molecule has 0 atom stereocenters. The van der Waals surface area contributed by atoms with E-state index in [1.165, 1.54) is 24.0 Å². The Morgan fingerprint density at radius 2 is 2.00 bits per heavy atom. The molecule has 1 aromatic rings. The van der Waals surface area contributed by atoms with Crippen molar-refractivity contribution in [1.82, 2.24) is 5.32 Å². The van der Waals surface area contributed by atoms with Crippen LogP contribution in [0.25, 0.3) is 0 Å². The first kappa shape index (κ1) is 14.7. The first-order valence-corrected chi connectivity index (χ1v) is 7.56. The van der Waals surface area contributed by atoms with Crippen LogP contribution in [-0.2, 0) is 6.42 Å². The van der Waals surface area contributed by atoms with Crippen LogP contribution in [0, 0.1) is 5.92 Å². The summed E-state index contributed by atoms with van der Waals surface area (Å²) < 4.78 is 5.34. The van der Waals surface area contributed by atoms with Gasteiger partial charge >= 0.3 is 0 Å². The average Bonchev–Trinajstić information content (AvgIpc) is 2.39. The number of halogens is 1. The lowest BCUT2D eigenvalue weighted by Crippen LogP contribution is -2.28. The van der Waals surface area contributed by atoms with Gasteiger partial charge in [0.25, 0.3) is 0 Å². The summed E-state index contributed by atoms with van der Waals surface area (Å²) in [7, 11) is 1.68. The molecule has 0 unspecified atom stereocenters. The Hall–Kier alpha value is -0.730. The van der Waals surface area contributed by atoms with Crippen LogP contribution in [0.4, 0.5) is 0 Å². The molecule has 2 rings (SSSR count). The first-order chi connectivity index (χ1) is 9.11. The summed E-state index contributed by atoms with van der Waals surface area (Å²) in [4.78, 5) is 0. The number of rotatable bonds is 4. The normalized spacial score (nSPS) is 16.9. The molecule has 2 nitrogen and oxygen atoms in total. The van der Waals surface area contributed by atoms with E-state index in [1.54, 1.807) is 7.11 Å². The highest BCUT2D eigenvalue weighted by Gasteiger charge is 2.18. The molecule has 0 amide bonds. The zero-order chi connectivity index (χ0) is 13.8. The molecule has 1 saturated heterocycles. The first-order valence-electron chi connectivity index (χ1n) is 7.18. The van der Waals surface area contributed by atoms with Gasteiger partial charge in [-0.15, -0.1) is 0 Å². The zero-order valence-electron chi connectivity index (χ0n) is 12.1. The number of nitrogens with one attached hydrogen (secondary N) is 1. The highest BCUT2D eigenvalue weighted by molar-refractivity contribution is 6.32. The highest BCUT2D eigenvalue weighted by Crippen LogP contribution is 2.34. The van der Waals surface area contributed by atoms with E-state index in [9.17, 15) is 0 Å². The topological polar surface area (TPSA) is 21.3 Å². The van der Waals surface area contributed by atoms with E-state index in [4.69, 9.17) is 16.3 Å². The molecule has 0 aliphatic carbocycles. The molecule has 0 saturated carbocycles. The van der Waals surface area contributed by atoms with E-state index >= 15 is 0 Å². The summed E-state index contributed by atoms with van der Waals surface area (Å²) >= 11 is 6.29. The molecule has 0 spiro atoms. The van der Waals surface area contributed by atoms with E-state index in [1.807, 2.05) is 0 Å². The van der Waals surface area contributed by atoms with Crippen molar-refractivity contribution in [2.24, 2.45) is 5.92 Å². The Morgan fingerprint density at radius 3 is 2.58 bits per heavy atom. The SMILES string of the molecule is COc1cc(C(C)C)c(CC2CCNCC2)cc1Cl. The van der Waals surface area contributed by atoms with Crippen molar-refractivity contribution in [3.8, 4) is 5.75 Å². The predicted octanol–water partition coefficient (Wildman–Crippen LogP) is 4.01. The second kappa shape index (κ2) is 6.62. The summed E-state index contributed by atoms with van der Waals surface area (Å²) in [6, 6.07) is 4.22. The third-order valence-corrected chi connectivity index (χ3v) is 4.30. The highest BCUT2D eigenvalue weighted by atomic mass is 35.5. The Morgan fingerprint density at radius 1 is 1.32 bits per heavy atom. The molecule has 1 aliphatic rings. The molecule has 1 N–H and O–H groups in total. The van der Waals surface area contributed by atoms with Gasteiger partial charge in [0.05, 0.1) is 12.1 Å². The monoisotopic (exact) mass is 281 g/mol. The van der Waals surface area contributed by atoms with Crippen LogP contribution < -0.4 is 10.1 Å². The third-order valence-electron chi connectivity index (χ3n) is 4.00. The Bertz CT molecular complexity index is 425. The Kier molecular flexibility index (Phi) is 5.12. The van der Waals surface area contributed by atoms with E-state index in [0.717, 1.165) is 36.2 Å². The summed E-state index contributed by atoms with van der Waals surface area (Å²) in [6.45, 7) is 6.75. The number of piperidine rings is 1. The molecular weight excluding hydrogens is 258 g/mol. The van der Waals surface area contributed by atoms with Crippen LogP contribution in [-0.4, -0.2) is 20.2 Å². The molecular formula is C16H24ClNO. The van der Waals surface area contributed by atoms with Crippen molar-refractivity contribution in [3.63, 3.8) is 0 Å². The lowest BCUT2D eigenvalue weighted by molar-refractivity contribution is 0.371. The smallest absolute Gasteiger partial charge is 0.137 e. The number of benzene rings is 1. The second-order valence-electron chi connectivity index (χ2n) is 5.74. The number of hydrogen-bond donors (Lipinski definition) is 1. The quantitative estimate of drug-likeness (QED) is 0.900. The van der Waals surface area contributed by atoms with Crippen LogP contribution >= 0.6 is 11.6 Å². The maximum Gasteiger partial charge on any atom is 0.137 e. The largest absolute Gasteiger partial charge is 0.495 e. The van der Waals surface area contributed by atoms with E-state index in [-0.39, 0.29) is 0 Å². The van der Waals surface area contributed by atoms with Crippen LogP contribution in [0.2, 0.25) is 5.02 Å². The minimum absolute atomic E-state index is 0.503. The van der Waals surface area contributed by atoms with Crippen LogP contribution in [0.1, 0.15) is 43.7 Å². The molecule has 1 aromatic carbocycles. The Balaban J connectivity index is 2.24. The number of methoxy groups -OCH3 is 1. The van der Waals surface area contributed by atoms with Crippen LogP contribution in [0.15, 0.2) is 12.1 Å². The van der Waals surface area contributed by atoms with E-state index in [0.29, 0.717) is 5.92 Å². The van der Waals surface area contributed by atoms with Gasteiger partial charge in [-0.25, -0.2) is 0 Å². The summed E-state index contributed by atoms with van der Waals surface area (Å²) in [5, 5.41) is 4.15. The fraction of sp³-hybridized carbons (Fsp3) is 0.625. The van der Waals surface area contributed by atoms with Gasteiger partial charge in [-0.2, -0.15) is 0 Å². The lowest BCUT2D eigenvalue weighted by atomic mass is 9.86. The van der Waals surface area contributed by atoms with Gasteiger partial charge in [0.15, 0.2) is 0 Å². The standard InChI is InChI=1S/C16H24ClNO/c1-11(2)14-10-16(19-3)15(17)9-13(14)8-12-4-6-18-7-5-12/h9-12,18H,4-8H2,1-3H3. The summed E-state index contributed by atoms with van der Waals surface area (Å²) in [6.07, 6.45) is 3.67. The molecule has 19 heavy (non-hydrogen) atoms. The second-order valence-corrected chi connectivity index (χ2v) is 6.14. The van der Waals surface area contributed by atoms with E-state index < -0.39 is 0 Å². The lowest BCUT2D eigenvalue weighted by Gasteiger charge is -2.25. The molecule has 0 radical (unpaired) electrons. The van der Waals surface area contributed by atoms with Crippen molar-refractivity contribution < 1.29 is 4.74 Å². The third kappa shape index (κ3) is 3.64. The van der Waals surface area contributed by atoms with Gasteiger partial charge in [0.2, 0.25) is 0 Å². The summed E-state index contributed by atoms with van der Waals surface area (Å²) in [5.41, 5.74) is 2.77. The van der Waals surface area contributed by atoms with Crippen molar-refractivity contribution in [1.29, 1.82) is 0 Å². The number of ether oxygens (including phenoxy) is 1. The van der Waals surface area contributed by atoms with Gasteiger partial charge in [0.1, 0.15) is 5.75 Å². The van der Waals surface area contributed by atoms with Gasteiger partial charge in [-0.1, -0.05) is 25.4 Å². The van der Waals surface area contributed by atoms with Crippen LogP contribution in [0.3, 0.4) is 0 Å². The molecule has 0 bridgehead atoms. The average molecular weight is 282 g/mol. The van der Waals surface area contributed by atoms with E-state index in [2.05, 4.69) is 31.3 Å². The van der Waals surface area contributed by atoms with Crippen molar-refractivity contribution >= 4 is 11.6 Å². The molecule has 1 fully saturated rings. The maximum atomic E-state index is 6.29. The minimum atomic E-state index is 0.503. The summed E-state index contributed by atoms with van der Waals surface area (Å²) in [5.74, 6) is 2.07. The Labute approximate surface area is 121 Å². The fourth-order valence-corrected chi connectivity index (χ4v) is 3.14. The van der Waals surface area contributed by atoms with Crippen molar-refractivity contribution in [3.05, 3.63) is 28.3 Å². The molecule has 1 heterocycles. The van der Waals surface area contributed by atoms with Gasteiger partial charge < -0.3 is 10.1 Å². The fourth-order valence-electron chi connectivity index (χ4n) is 2.88.